The number of nitrogens with zero attached hydrogens (tertiary/aromatic N) is 3. The first-order valence-electron chi connectivity index (χ1n) is 12.8. The second kappa shape index (κ2) is 11.5. The van der Waals surface area contributed by atoms with Crippen molar-refractivity contribution >= 4 is 44.6 Å². The van der Waals surface area contributed by atoms with E-state index in [2.05, 4.69) is 16.6 Å². The lowest BCUT2D eigenvalue weighted by Gasteiger charge is -2.12. The minimum Gasteiger partial charge on any atom is -0.478 e. The molecule has 0 atom stereocenters. The summed E-state index contributed by atoms with van der Waals surface area (Å²) in [7, 11) is -3.86. The fraction of sp³-hybridized carbons (Fsp3) is 0.167. The lowest BCUT2D eigenvalue weighted by molar-refractivity contribution is 0.0697. The van der Waals surface area contributed by atoms with Crippen LogP contribution in [0.5, 0.6) is 0 Å². The highest BCUT2D eigenvalue weighted by molar-refractivity contribution is 7.92. The monoisotopic (exact) mass is 574 g/mol. The fourth-order valence-electron chi connectivity index (χ4n) is 4.50. The summed E-state index contributed by atoms with van der Waals surface area (Å²) in [6.45, 7) is 2.58. The van der Waals surface area contributed by atoms with Gasteiger partial charge < -0.3 is 9.67 Å². The third kappa shape index (κ3) is 5.85. The molecule has 0 radical (unpaired) electrons. The standard InChI is InChI=1S/C30H27ClN4O4S/c1-2-3-8-28-32-26-17-18-27(34-40(38,39)23-15-13-22(31)14-16-23)33-29(26)35(28)19-20-9-11-21(12-10-20)24-6-4-5-7-25(24)30(36)37/h4-7,9-18H,2-3,8,19H2,1H3,(H,33,34)(H,36,37). The van der Waals surface area contributed by atoms with E-state index in [1.165, 1.54) is 24.3 Å². The highest BCUT2D eigenvalue weighted by atomic mass is 35.5. The Morgan fingerprint density at radius 3 is 2.38 bits per heavy atom. The summed E-state index contributed by atoms with van der Waals surface area (Å²) in [6, 6.07) is 23.9. The minimum absolute atomic E-state index is 0.0838. The molecule has 0 bridgehead atoms. The van der Waals surface area contributed by atoms with Gasteiger partial charge in [-0.15, -0.1) is 0 Å². The second-order valence-electron chi connectivity index (χ2n) is 9.36. The van der Waals surface area contributed by atoms with E-state index in [1.807, 2.05) is 34.9 Å². The first-order valence-corrected chi connectivity index (χ1v) is 14.7. The van der Waals surface area contributed by atoms with Gasteiger partial charge in [-0.1, -0.05) is 67.4 Å². The van der Waals surface area contributed by atoms with Gasteiger partial charge in [0.25, 0.3) is 10.0 Å². The fourth-order valence-corrected chi connectivity index (χ4v) is 5.63. The molecule has 0 aliphatic carbocycles. The van der Waals surface area contributed by atoms with Crippen LogP contribution < -0.4 is 4.72 Å². The van der Waals surface area contributed by atoms with Crippen LogP contribution in [0.3, 0.4) is 0 Å². The van der Waals surface area contributed by atoms with Crippen molar-refractivity contribution in [2.24, 2.45) is 0 Å². The number of rotatable bonds is 10. The maximum absolute atomic E-state index is 12.9. The highest BCUT2D eigenvalue weighted by Crippen LogP contribution is 2.26. The maximum Gasteiger partial charge on any atom is 0.336 e. The largest absolute Gasteiger partial charge is 0.478 e. The van der Waals surface area contributed by atoms with Crippen LogP contribution >= 0.6 is 11.6 Å². The summed E-state index contributed by atoms with van der Waals surface area (Å²) < 4.78 is 30.4. The lowest BCUT2D eigenvalue weighted by atomic mass is 9.99. The summed E-state index contributed by atoms with van der Waals surface area (Å²) >= 11 is 5.91. The van der Waals surface area contributed by atoms with Gasteiger partial charge in [-0.05, 0) is 65.6 Å². The number of aromatic nitrogens is 3. The number of aryl methyl sites for hydroxylation is 1. The Balaban J connectivity index is 1.47. The zero-order chi connectivity index (χ0) is 28.3. The number of carbonyl (C=O) groups is 1. The molecule has 8 nitrogen and oxygen atoms in total. The van der Waals surface area contributed by atoms with Crippen molar-refractivity contribution in [3.05, 3.63) is 107 Å². The number of nitrogens with one attached hydrogen (secondary N) is 1. The molecule has 10 heteroatoms. The Hall–Kier alpha value is -4.21. The number of fused-ring (bicyclic) bond motifs is 1. The molecular weight excluding hydrogens is 548 g/mol. The number of hydrogen-bond acceptors (Lipinski definition) is 5. The van der Waals surface area contributed by atoms with E-state index in [0.717, 1.165) is 36.2 Å². The summed E-state index contributed by atoms with van der Waals surface area (Å²) in [4.78, 5) is 21.2. The molecule has 0 unspecified atom stereocenters. The van der Waals surface area contributed by atoms with Crippen molar-refractivity contribution in [2.75, 3.05) is 4.72 Å². The predicted molar refractivity (Wildman–Crippen MR) is 156 cm³/mol. The van der Waals surface area contributed by atoms with Gasteiger partial charge in [0.2, 0.25) is 0 Å². The number of carboxylic acids is 1. The average molecular weight is 575 g/mol. The van der Waals surface area contributed by atoms with Crippen molar-refractivity contribution in [3.8, 4) is 11.1 Å². The summed E-state index contributed by atoms with van der Waals surface area (Å²) in [6.07, 6.45) is 2.70. The second-order valence-corrected chi connectivity index (χ2v) is 11.5. The molecule has 0 aliphatic rings. The SMILES string of the molecule is CCCCc1nc2ccc(NS(=O)(=O)c3ccc(Cl)cc3)nc2n1Cc1ccc(-c2ccccc2C(=O)O)cc1. The van der Waals surface area contributed by atoms with Crippen LogP contribution in [-0.2, 0) is 23.0 Å². The Morgan fingerprint density at radius 2 is 1.68 bits per heavy atom. The lowest BCUT2D eigenvalue weighted by Crippen LogP contribution is -2.14. The van der Waals surface area contributed by atoms with Gasteiger partial charge in [-0.25, -0.2) is 23.2 Å². The Labute approximate surface area is 237 Å². The first-order chi connectivity index (χ1) is 19.2. The minimum atomic E-state index is -3.86. The molecule has 0 fully saturated rings. The van der Waals surface area contributed by atoms with Crippen molar-refractivity contribution in [3.63, 3.8) is 0 Å². The molecule has 0 aliphatic heterocycles. The Kier molecular flexibility index (Phi) is 7.86. The highest BCUT2D eigenvalue weighted by Gasteiger charge is 2.18. The molecule has 3 aromatic carbocycles. The number of imidazole rings is 1. The van der Waals surface area contributed by atoms with E-state index in [0.29, 0.717) is 28.3 Å². The maximum atomic E-state index is 12.9. The van der Waals surface area contributed by atoms with Crippen LogP contribution in [0, 0.1) is 0 Å². The third-order valence-electron chi connectivity index (χ3n) is 6.55. The number of sulfonamides is 1. The molecule has 0 saturated heterocycles. The number of unbranched alkanes of at least 4 members (excludes halogenated alkanes) is 1. The molecule has 2 N–H and O–H groups in total. The van der Waals surface area contributed by atoms with E-state index in [9.17, 15) is 18.3 Å². The van der Waals surface area contributed by atoms with Crippen molar-refractivity contribution in [1.29, 1.82) is 0 Å². The third-order valence-corrected chi connectivity index (χ3v) is 8.17. The number of anilines is 1. The number of hydrogen-bond donors (Lipinski definition) is 2. The topological polar surface area (TPSA) is 114 Å². The zero-order valence-corrected chi connectivity index (χ0v) is 23.3. The van der Waals surface area contributed by atoms with Gasteiger partial charge >= 0.3 is 5.97 Å². The Bertz CT molecular complexity index is 1780. The van der Waals surface area contributed by atoms with Crippen molar-refractivity contribution < 1.29 is 18.3 Å². The molecule has 0 spiro atoms. The van der Waals surface area contributed by atoms with E-state index >= 15 is 0 Å². The first kappa shape index (κ1) is 27.4. The van der Waals surface area contributed by atoms with Crippen LogP contribution in [-0.4, -0.2) is 34.0 Å². The molecule has 2 aromatic heterocycles. The van der Waals surface area contributed by atoms with Crippen LogP contribution in [0.2, 0.25) is 5.02 Å². The van der Waals surface area contributed by atoms with Crippen molar-refractivity contribution in [1.82, 2.24) is 14.5 Å². The summed E-state index contributed by atoms with van der Waals surface area (Å²) in [5, 5.41) is 10.0. The predicted octanol–water partition coefficient (Wildman–Crippen LogP) is 6.64. The van der Waals surface area contributed by atoms with E-state index in [-0.39, 0.29) is 16.3 Å². The van der Waals surface area contributed by atoms with Gasteiger partial charge in [0.1, 0.15) is 17.2 Å². The van der Waals surface area contributed by atoms with Crippen LogP contribution in [0.4, 0.5) is 5.82 Å². The number of benzene rings is 3. The number of halogens is 1. The van der Waals surface area contributed by atoms with Gasteiger partial charge in [-0.2, -0.15) is 0 Å². The van der Waals surface area contributed by atoms with Gasteiger partial charge in [0.05, 0.1) is 17.0 Å². The van der Waals surface area contributed by atoms with Gasteiger partial charge in [0, 0.05) is 11.4 Å². The molecule has 0 saturated carbocycles. The number of aromatic carboxylic acids is 1. The summed E-state index contributed by atoms with van der Waals surface area (Å²) in [5.74, 6) is 0.0762. The summed E-state index contributed by atoms with van der Waals surface area (Å²) in [5.41, 5.74) is 3.92. The van der Waals surface area contributed by atoms with Crippen LogP contribution in [0.25, 0.3) is 22.3 Å². The molecular formula is C30H27ClN4O4S. The molecule has 204 valence electrons. The molecule has 5 aromatic rings. The van der Waals surface area contributed by atoms with Crippen LogP contribution in [0.15, 0.2) is 89.8 Å². The molecule has 40 heavy (non-hydrogen) atoms. The van der Waals surface area contributed by atoms with Crippen LogP contribution in [0.1, 0.15) is 41.5 Å². The quantitative estimate of drug-likeness (QED) is 0.193. The normalized spacial score (nSPS) is 11.6. The van der Waals surface area contributed by atoms with E-state index < -0.39 is 16.0 Å². The average Bonchev–Trinajstić information content (AvgIpc) is 3.28. The van der Waals surface area contributed by atoms with Gasteiger partial charge in [-0.3, -0.25) is 4.72 Å². The van der Waals surface area contributed by atoms with Crippen molar-refractivity contribution in [2.45, 2.75) is 37.6 Å². The van der Waals surface area contributed by atoms with Gasteiger partial charge in [0.15, 0.2) is 5.65 Å². The smallest absolute Gasteiger partial charge is 0.336 e. The number of pyridine rings is 1. The number of carboxylic acid groups (broad SMARTS) is 1. The molecule has 5 rings (SSSR count). The zero-order valence-electron chi connectivity index (χ0n) is 21.7. The Morgan fingerprint density at radius 1 is 0.950 bits per heavy atom. The molecule has 2 heterocycles. The van der Waals surface area contributed by atoms with E-state index in [4.69, 9.17) is 16.6 Å². The molecule has 0 amide bonds. The van der Waals surface area contributed by atoms with E-state index in [1.54, 1.807) is 30.3 Å².